The van der Waals surface area contributed by atoms with Crippen LogP contribution in [0.25, 0.3) is 10.8 Å². The summed E-state index contributed by atoms with van der Waals surface area (Å²) in [5.41, 5.74) is 6.26. The van der Waals surface area contributed by atoms with Crippen LogP contribution >= 0.6 is 0 Å². The molecule has 0 spiro atoms. The van der Waals surface area contributed by atoms with E-state index < -0.39 is 11.0 Å². The summed E-state index contributed by atoms with van der Waals surface area (Å²) >= 11 is 0. The minimum absolute atomic E-state index is 0.238. The Labute approximate surface area is 88.4 Å². The second-order valence-corrected chi connectivity index (χ2v) is 3.68. The van der Waals surface area contributed by atoms with Crippen LogP contribution in [-0.2, 0) is 11.0 Å². The second kappa shape index (κ2) is 3.78. The second-order valence-electron chi connectivity index (χ2n) is 3.05. The number of benzene rings is 2. The molecule has 0 aliphatic heterocycles. The molecule has 0 saturated carbocycles. The minimum Gasteiger partial charge on any atom is -0.398 e. The molecule has 5 heteroatoms. The van der Waals surface area contributed by atoms with Crippen molar-refractivity contribution in [1.82, 2.24) is 0 Å². The van der Waals surface area contributed by atoms with Gasteiger partial charge in [-0.2, -0.15) is 8.42 Å². The Balaban J connectivity index is 2.62. The highest BCUT2D eigenvalue weighted by atomic mass is 32.2. The summed E-state index contributed by atoms with van der Waals surface area (Å²) in [7, 11) is -2.90. The highest BCUT2D eigenvalue weighted by Crippen LogP contribution is 2.26. The first-order valence-electron chi connectivity index (χ1n) is 4.27. The van der Waals surface area contributed by atoms with E-state index in [0.717, 1.165) is 10.8 Å². The first kappa shape index (κ1) is 9.79. The third-order valence-electron chi connectivity index (χ3n) is 2.05. The lowest BCUT2D eigenvalue weighted by Crippen LogP contribution is -1.93. The molecule has 15 heavy (non-hydrogen) atoms. The van der Waals surface area contributed by atoms with E-state index >= 15 is 0 Å². The maximum atomic E-state index is 10.4. The molecule has 2 rings (SSSR count). The molecule has 2 aromatic rings. The number of fused-ring (bicyclic) bond motifs is 1. The van der Waals surface area contributed by atoms with Crippen LogP contribution in [0.2, 0.25) is 0 Å². The molecule has 0 fully saturated rings. The number of thiol groups is 1. The summed E-state index contributed by atoms with van der Waals surface area (Å²) in [4.78, 5) is 0. The Bertz CT molecular complexity index is 570. The lowest BCUT2D eigenvalue weighted by atomic mass is 10.1. The van der Waals surface area contributed by atoms with Crippen LogP contribution in [0.15, 0.2) is 36.4 Å². The van der Waals surface area contributed by atoms with E-state index in [-0.39, 0.29) is 5.75 Å². The van der Waals surface area contributed by atoms with E-state index in [1.807, 2.05) is 24.3 Å². The number of nitrogen functional groups attached to an aromatic ring is 1. The highest BCUT2D eigenvalue weighted by Gasteiger charge is 2.02. The van der Waals surface area contributed by atoms with Gasteiger partial charge >= 0.3 is 0 Å². The van der Waals surface area contributed by atoms with Gasteiger partial charge in [0.05, 0.1) is 0 Å². The van der Waals surface area contributed by atoms with Gasteiger partial charge in [0.2, 0.25) is 0 Å². The molecule has 0 amide bonds. The van der Waals surface area contributed by atoms with Gasteiger partial charge in [0, 0.05) is 17.1 Å². The van der Waals surface area contributed by atoms with Crippen LogP contribution in [-0.4, -0.2) is 8.42 Å². The molecule has 0 radical (unpaired) electrons. The quantitative estimate of drug-likeness (QED) is 0.595. The first-order chi connectivity index (χ1) is 7.16. The van der Waals surface area contributed by atoms with Crippen molar-refractivity contribution in [2.24, 2.45) is 0 Å². The van der Waals surface area contributed by atoms with E-state index in [4.69, 9.17) is 5.73 Å². The van der Waals surface area contributed by atoms with Gasteiger partial charge in [-0.15, -0.1) is 0 Å². The fraction of sp³-hybridized carbons (Fsp3) is 0. The Morgan fingerprint density at radius 3 is 2.60 bits per heavy atom. The summed E-state index contributed by atoms with van der Waals surface area (Å²) in [5.74, 6) is 0.238. The van der Waals surface area contributed by atoms with Crippen molar-refractivity contribution in [2.45, 2.75) is 0 Å². The third kappa shape index (κ3) is 2.02. The number of hydrogen-bond donors (Lipinski definition) is 2. The van der Waals surface area contributed by atoms with Crippen molar-refractivity contribution >= 4 is 27.4 Å². The topological polar surface area (TPSA) is 69.4 Å². The number of hydrogen-bond acceptors (Lipinski definition) is 4. The van der Waals surface area contributed by atoms with Gasteiger partial charge < -0.3 is 9.92 Å². The van der Waals surface area contributed by atoms with Crippen LogP contribution in [0.5, 0.6) is 5.75 Å². The maximum absolute atomic E-state index is 10.4. The van der Waals surface area contributed by atoms with E-state index in [0.29, 0.717) is 5.69 Å². The van der Waals surface area contributed by atoms with Crippen LogP contribution in [0.4, 0.5) is 5.69 Å². The molecule has 4 nitrogen and oxygen atoms in total. The van der Waals surface area contributed by atoms with Crippen molar-refractivity contribution in [3.8, 4) is 5.75 Å². The first-order valence-corrected chi connectivity index (χ1v) is 5.37. The Kier molecular flexibility index (Phi) is 2.47. The third-order valence-corrected chi connectivity index (χ3v) is 2.41. The molecule has 2 N–H and O–H groups in total. The summed E-state index contributed by atoms with van der Waals surface area (Å²) in [6, 6.07) is 10.6. The lowest BCUT2D eigenvalue weighted by molar-refractivity contribution is 0.511. The molecular formula is C10H9NO3S. The average molecular weight is 223 g/mol. The zero-order chi connectivity index (χ0) is 10.8. The lowest BCUT2D eigenvalue weighted by Gasteiger charge is -2.04. The van der Waals surface area contributed by atoms with Crippen LogP contribution in [0.3, 0.4) is 0 Å². The number of anilines is 1. The highest BCUT2D eigenvalue weighted by molar-refractivity contribution is 7.67. The van der Waals surface area contributed by atoms with Gasteiger partial charge in [-0.25, -0.2) is 0 Å². The molecule has 0 bridgehead atoms. The molecular weight excluding hydrogens is 214 g/mol. The molecule has 78 valence electrons. The smallest absolute Gasteiger partial charge is 0.299 e. The summed E-state index contributed by atoms with van der Waals surface area (Å²) in [6.45, 7) is 0. The molecule has 0 aromatic heterocycles. The Hall–Kier alpha value is -1.75. The van der Waals surface area contributed by atoms with Crippen LogP contribution in [0, 0.1) is 0 Å². The van der Waals surface area contributed by atoms with Crippen molar-refractivity contribution < 1.29 is 12.6 Å². The molecule has 0 atom stereocenters. The van der Waals surface area contributed by atoms with Crippen LogP contribution < -0.4 is 9.92 Å². The van der Waals surface area contributed by atoms with Gasteiger partial charge in [-0.3, -0.25) is 0 Å². The van der Waals surface area contributed by atoms with Gasteiger partial charge in [-0.1, -0.05) is 24.3 Å². The normalized spacial score (nSPS) is 10.7. The van der Waals surface area contributed by atoms with Gasteiger partial charge in [0.25, 0.3) is 11.0 Å². The Morgan fingerprint density at radius 1 is 1.13 bits per heavy atom. The van der Waals surface area contributed by atoms with Crippen molar-refractivity contribution in [3.05, 3.63) is 36.4 Å². The minimum atomic E-state index is -2.90. The predicted octanol–water partition coefficient (Wildman–Crippen LogP) is 1.33. The van der Waals surface area contributed by atoms with E-state index in [9.17, 15) is 8.42 Å². The zero-order valence-corrected chi connectivity index (χ0v) is 8.61. The van der Waals surface area contributed by atoms with Crippen molar-refractivity contribution in [1.29, 1.82) is 0 Å². The predicted molar refractivity (Wildman–Crippen MR) is 59.3 cm³/mol. The van der Waals surface area contributed by atoms with Crippen LogP contribution in [0.1, 0.15) is 0 Å². The number of nitrogens with two attached hydrogens (primary N) is 1. The molecule has 2 aromatic carbocycles. The zero-order valence-electron chi connectivity index (χ0n) is 7.71. The van der Waals surface area contributed by atoms with Crippen molar-refractivity contribution in [2.75, 3.05) is 5.73 Å². The molecule has 0 aliphatic carbocycles. The summed E-state index contributed by atoms with van der Waals surface area (Å²) in [5, 5.41) is 1.73. The van der Waals surface area contributed by atoms with Gasteiger partial charge in [-0.05, 0) is 11.5 Å². The summed E-state index contributed by atoms with van der Waals surface area (Å²) in [6.07, 6.45) is 0. The Morgan fingerprint density at radius 2 is 1.87 bits per heavy atom. The van der Waals surface area contributed by atoms with E-state index in [1.165, 1.54) is 6.07 Å². The molecule has 0 unspecified atom stereocenters. The van der Waals surface area contributed by atoms with Gasteiger partial charge in [0.15, 0.2) is 0 Å². The molecule has 0 aliphatic rings. The maximum Gasteiger partial charge on any atom is 0.299 e. The SMILES string of the molecule is Nc1cc(O[SH](=O)=O)cc2ccccc12. The fourth-order valence-electron chi connectivity index (χ4n) is 1.45. The largest absolute Gasteiger partial charge is 0.398 e. The van der Waals surface area contributed by atoms with E-state index in [2.05, 4.69) is 4.18 Å². The molecule has 0 saturated heterocycles. The summed E-state index contributed by atoms with van der Waals surface area (Å²) < 4.78 is 25.4. The number of rotatable bonds is 2. The standard InChI is InChI=1S/C10H9NO3S/c11-10-6-8(14-15(12)13)5-7-3-1-2-4-9(7)10/h1-6,15H,11H2. The van der Waals surface area contributed by atoms with E-state index in [1.54, 1.807) is 6.07 Å². The molecule has 0 heterocycles. The van der Waals surface area contributed by atoms with Gasteiger partial charge in [0.1, 0.15) is 5.75 Å². The average Bonchev–Trinajstić information content (AvgIpc) is 2.16. The van der Waals surface area contributed by atoms with Crippen molar-refractivity contribution in [3.63, 3.8) is 0 Å². The monoisotopic (exact) mass is 223 g/mol. The fourth-order valence-corrected chi connectivity index (χ4v) is 1.73.